The lowest BCUT2D eigenvalue weighted by Gasteiger charge is -2.13. The minimum absolute atomic E-state index is 0.0124. The number of hydrogen-bond acceptors (Lipinski definition) is 4. The van der Waals surface area contributed by atoms with Crippen molar-refractivity contribution in [3.8, 4) is 0 Å². The van der Waals surface area contributed by atoms with Gasteiger partial charge in [-0.15, -0.1) is 0 Å². The van der Waals surface area contributed by atoms with E-state index in [0.29, 0.717) is 11.4 Å². The van der Waals surface area contributed by atoms with Gasteiger partial charge < -0.3 is 10.4 Å². The lowest BCUT2D eigenvalue weighted by molar-refractivity contribution is 0.0692. The molecule has 1 amide bonds. The molecule has 0 aliphatic carbocycles. The van der Waals surface area contributed by atoms with E-state index in [4.69, 9.17) is 0 Å². The third-order valence-corrected chi connectivity index (χ3v) is 5.91. The fraction of sp³-hybridized carbons (Fsp3) is 0.0909. The maximum atomic E-state index is 12.7. The van der Waals surface area contributed by atoms with E-state index in [-0.39, 0.29) is 16.0 Å². The number of hydrogen-bond donors (Lipinski definition) is 3. The van der Waals surface area contributed by atoms with E-state index in [1.807, 2.05) is 32.0 Å². The highest BCUT2D eigenvalue weighted by molar-refractivity contribution is 7.92. The Balaban J connectivity index is 1.80. The fourth-order valence-electron chi connectivity index (χ4n) is 2.95. The molecule has 0 unspecified atom stereocenters. The van der Waals surface area contributed by atoms with Gasteiger partial charge >= 0.3 is 5.97 Å². The standard InChI is InChI=1S/C22H20N2O5S/c1-14-6-5-7-15(2)20(14)24-30(28,29)17-12-10-16(11-13-17)23-21(25)18-8-3-4-9-19(18)22(26)27/h3-13,24H,1-2H3,(H,23,25)(H,26,27). The van der Waals surface area contributed by atoms with E-state index in [0.717, 1.165) is 11.1 Å². The summed E-state index contributed by atoms with van der Waals surface area (Å²) in [5.74, 6) is -1.81. The third-order valence-electron chi connectivity index (χ3n) is 4.54. The molecule has 8 heteroatoms. The van der Waals surface area contributed by atoms with Crippen molar-refractivity contribution in [1.29, 1.82) is 0 Å². The molecule has 0 spiro atoms. The first kappa shape index (κ1) is 21.1. The SMILES string of the molecule is Cc1cccc(C)c1NS(=O)(=O)c1ccc(NC(=O)c2ccccc2C(=O)O)cc1. The molecule has 30 heavy (non-hydrogen) atoms. The number of sulfonamides is 1. The van der Waals surface area contributed by atoms with E-state index in [1.54, 1.807) is 6.07 Å². The van der Waals surface area contributed by atoms with Crippen LogP contribution in [0.25, 0.3) is 0 Å². The van der Waals surface area contributed by atoms with Crippen molar-refractivity contribution < 1.29 is 23.1 Å². The Morgan fingerprint density at radius 2 is 1.37 bits per heavy atom. The average Bonchev–Trinajstić information content (AvgIpc) is 2.71. The molecule has 0 atom stereocenters. The fourth-order valence-corrected chi connectivity index (χ4v) is 4.16. The number of aryl methyl sites for hydroxylation is 2. The second-order valence-corrected chi connectivity index (χ2v) is 8.38. The normalized spacial score (nSPS) is 11.0. The lowest BCUT2D eigenvalue weighted by atomic mass is 10.1. The Morgan fingerprint density at radius 1 is 0.800 bits per heavy atom. The Hall–Kier alpha value is -3.65. The summed E-state index contributed by atoms with van der Waals surface area (Å²) < 4.78 is 28.0. The third kappa shape index (κ3) is 4.49. The summed E-state index contributed by atoms with van der Waals surface area (Å²) in [7, 11) is -3.81. The number of carboxylic acids is 1. The zero-order valence-electron chi connectivity index (χ0n) is 16.3. The van der Waals surface area contributed by atoms with Crippen LogP contribution in [0.1, 0.15) is 31.8 Å². The second kappa shape index (κ2) is 8.38. The Bertz CT molecular complexity index is 1200. The topological polar surface area (TPSA) is 113 Å². The molecule has 154 valence electrons. The number of nitrogens with one attached hydrogen (secondary N) is 2. The molecule has 0 saturated carbocycles. The molecule has 0 saturated heterocycles. The minimum atomic E-state index is -3.81. The molecule has 3 rings (SSSR count). The van der Waals surface area contributed by atoms with E-state index < -0.39 is 21.9 Å². The molecule has 0 heterocycles. The second-order valence-electron chi connectivity index (χ2n) is 6.70. The van der Waals surface area contributed by atoms with Gasteiger partial charge in [0, 0.05) is 5.69 Å². The Kier molecular flexibility index (Phi) is 5.89. The minimum Gasteiger partial charge on any atom is -0.478 e. The quantitative estimate of drug-likeness (QED) is 0.552. The number of benzene rings is 3. The van der Waals surface area contributed by atoms with Crippen LogP contribution in [0.3, 0.4) is 0 Å². The van der Waals surface area contributed by atoms with Crippen LogP contribution in [0.15, 0.2) is 71.6 Å². The zero-order valence-corrected chi connectivity index (χ0v) is 17.2. The number of amides is 1. The number of carbonyl (C=O) groups is 2. The van der Waals surface area contributed by atoms with Crippen LogP contribution in [0.5, 0.6) is 0 Å². The summed E-state index contributed by atoms with van der Waals surface area (Å²) in [4.78, 5) is 23.7. The number of aromatic carboxylic acids is 1. The van der Waals surface area contributed by atoms with E-state index in [2.05, 4.69) is 10.0 Å². The summed E-state index contributed by atoms with van der Waals surface area (Å²) >= 11 is 0. The number of anilines is 2. The van der Waals surface area contributed by atoms with Crippen LogP contribution in [-0.4, -0.2) is 25.4 Å². The van der Waals surface area contributed by atoms with Gasteiger partial charge in [0.2, 0.25) is 0 Å². The highest BCUT2D eigenvalue weighted by Gasteiger charge is 2.18. The van der Waals surface area contributed by atoms with Gasteiger partial charge in [-0.05, 0) is 61.4 Å². The van der Waals surface area contributed by atoms with Gasteiger partial charge in [0.05, 0.1) is 21.7 Å². The number of para-hydroxylation sites is 1. The van der Waals surface area contributed by atoms with Crippen molar-refractivity contribution in [2.24, 2.45) is 0 Å². The summed E-state index contributed by atoms with van der Waals surface area (Å²) in [6.07, 6.45) is 0. The number of carbonyl (C=O) groups excluding carboxylic acids is 1. The van der Waals surface area contributed by atoms with Gasteiger partial charge in [0.1, 0.15) is 0 Å². The van der Waals surface area contributed by atoms with E-state index in [1.165, 1.54) is 42.5 Å². The molecular weight excluding hydrogens is 404 g/mol. The molecule has 0 fully saturated rings. The largest absolute Gasteiger partial charge is 0.478 e. The van der Waals surface area contributed by atoms with Gasteiger partial charge in [0.15, 0.2) is 0 Å². The smallest absolute Gasteiger partial charge is 0.336 e. The first-order valence-corrected chi connectivity index (χ1v) is 10.5. The van der Waals surface area contributed by atoms with Crippen LogP contribution < -0.4 is 10.0 Å². The molecule has 0 aliphatic heterocycles. The first-order valence-electron chi connectivity index (χ1n) is 9.02. The first-order chi connectivity index (χ1) is 14.2. The molecule has 0 aromatic heterocycles. The monoisotopic (exact) mass is 424 g/mol. The van der Waals surface area contributed by atoms with Crippen molar-refractivity contribution >= 4 is 33.3 Å². The highest BCUT2D eigenvalue weighted by atomic mass is 32.2. The highest BCUT2D eigenvalue weighted by Crippen LogP contribution is 2.24. The van der Waals surface area contributed by atoms with Gasteiger partial charge in [-0.2, -0.15) is 0 Å². The Labute approximate surface area is 174 Å². The van der Waals surface area contributed by atoms with Crippen molar-refractivity contribution in [1.82, 2.24) is 0 Å². The van der Waals surface area contributed by atoms with Gasteiger partial charge in [0.25, 0.3) is 15.9 Å². The molecule has 3 aromatic carbocycles. The van der Waals surface area contributed by atoms with Crippen LogP contribution in [0.4, 0.5) is 11.4 Å². The molecule has 3 N–H and O–H groups in total. The summed E-state index contributed by atoms with van der Waals surface area (Å²) in [6.45, 7) is 3.64. The van der Waals surface area contributed by atoms with Crippen molar-refractivity contribution in [3.63, 3.8) is 0 Å². The van der Waals surface area contributed by atoms with Crippen molar-refractivity contribution in [2.45, 2.75) is 18.7 Å². The van der Waals surface area contributed by atoms with Crippen LogP contribution >= 0.6 is 0 Å². The molecular formula is C22H20N2O5S. The predicted octanol–water partition coefficient (Wildman–Crippen LogP) is 4.05. The molecule has 7 nitrogen and oxygen atoms in total. The summed E-state index contributed by atoms with van der Waals surface area (Å²) in [5.41, 5.74) is 2.37. The molecule has 0 aliphatic rings. The summed E-state index contributed by atoms with van der Waals surface area (Å²) in [6, 6.07) is 17.0. The number of carboxylic acid groups (broad SMARTS) is 1. The predicted molar refractivity (Wildman–Crippen MR) is 115 cm³/mol. The van der Waals surface area contributed by atoms with Crippen molar-refractivity contribution in [2.75, 3.05) is 10.0 Å². The van der Waals surface area contributed by atoms with Gasteiger partial charge in [-0.3, -0.25) is 9.52 Å². The molecule has 0 bridgehead atoms. The van der Waals surface area contributed by atoms with E-state index in [9.17, 15) is 23.1 Å². The van der Waals surface area contributed by atoms with Crippen molar-refractivity contribution in [3.05, 3.63) is 89.0 Å². The molecule has 3 aromatic rings. The van der Waals surface area contributed by atoms with Crippen LogP contribution in [0, 0.1) is 13.8 Å². The molecule has 0 radical (unpaired) electrons. The zero-order chi connectivity index (χ0) is 21.9. The Morgan fingerprint density at radius 3 is 1.93 bits per heavy atom. The maximum Gasteiger partial charge on any atom is 0.336 e. The van der Waals surface area contributed by atoms with Crippen LogP contribution in [0.2, 0.25) is 0 Å². The number of rotatable bonds is 6. The van der Waals surface area contributed by atoms with Gasteiger partial charge in [-0.1, -0.05) is 30.3 Å². The van der Waals surface area contributed by atoms with Crippen LogP contribution in [-0.2, 0) is 10.0 Å². The average molecular weight is 424 g/mol. The van der Waals surface area contributed by atoms with Gasteiger partial charge in [-0.25, -0.2) is 13.2 Å². The maximum absolute atomic E-state index is 12.7. The lowest BCUT2D eigenvalue weighted by Crippen LogP contribution is -2.17. The summed E-state index contributed by atoms with van der Waals surface area (Å²) in [5, 5.41) is 11.8. The van der Waals surface area contributed by atoms with E-state index >= 15 is 0 Å².